The van der Waals surface area contributed by atoms with Gasteiger partial charge in [0, 0.05) is 23.6 Å². The van der Waals surface area contributed by atoms with Crippen LogP contribution in [0, 0.1) is 13.8 Å². The van der Waals surface area contributed by atoms with Crippen molar-refractivity contribution >= 4 is 38.7 Å². The summed E-state index contributed by atoms with van der Waals surface area (Å²) in [6.07, 6.45) is -0.0919. The van der Waals surface area contributed by atoms with E-state index in [4.69, 9.17) is 9.47 Å². The van der Waals surface area contributed by atoms with Crippen molar-refractivity contribution in [3.63, 3.8) is 0 Å². The summed E-state index contributed by atoms with van der Waals surface area (Å²) in [7, 11) is -1.25. The van der Waals surface area contributed by atoms with Gasteiger partial charge in [-0.2, -0.15) is 0 Å². The maximum atomic E-state index is 14.6. The molecule has 3 aromatic carbocycles. The number of fused-ring (bicyclic) bond motifs is 1. The van der Waals surface area contributed by atoms with E-state index < -0.39 is 40.0 Å². The number of ether oxygens (including phenoxy) is 2. The zero-order valence-electron chi connectivity index (χ0n) is 25.4. The van der Waals surface area contributed by atoms with Crippen molar-refractivity contribution in [2.75, 3.05) is 20.8 Å². The molecular formula is C33H35FN3O7S+. The van der Waals surface area contributed by atoms with E-state index in [-0.39, 0.29) is 36.4 Å². The third-order valence-corrected chi connectivity index (χ3v) is 9.81. The van der Waals surface area contributed by atoms with Gasteiger partial charge in [-0.15, -0.1) is 0 Å². The highest BCUT2D eigenvalue weighted by Crippen LogP contribution is 2.37. The van der Waals surface area contributed by atoms with Crippen LogP contribution in [-0.2, 0) is 30.9 Å². The van der Waals surface area contributed by atoms with Crippen molar-refractivity contribution in [3.05, 3.63) is 94.7 Å². The molecule has 1 fully saturated rings. The Morgan fingerprint density at radius 3 is 2.36 bits per heavy atom. The molecule has 12 heteroatoms. The number of carbonyl (C=O) groups excluding carboxylic acids is 3. The van der Waals surface area contributed by atoms with Gasteiger partial charge in [-0.1, -0.05) is 29.8 Å². The molecule has 0 spiro atoms. The summed E-state index contributed by atoms with van der Waals surface area (Å²) in [6.45, 7) is 3.38. The lowest BCUT2D eigenvalue weighted by atomic mass is 9.99. The van der Waals surface area contributed by atoms with Crippen molar-refractivity contribution in [3.8, 4) is 5.75 Å². The average Bonchev–Trinajstić information content (AvgIpc) is 3.51. The zero-order valence-corrected chi connectivity index (χ0v) is 26.3. The highest BCUT2D eigenvalue weighted by Gasteiger charge is 2.37. The highest BCUT2D eigenvalue weighted by atomic mass is 32.2. The molecule has 1 aliphatic heterocycles. The molecule has 2 N–H and O–H groups in total. The fraction of sp³-hybridized carbons (Fsp3) is 0.303. The van der Waals surface area contributed by atoms with Crippen LogP contribution in [0.2, 0.25) is 0 Å². The molecule has 1 unspecified atom stereocenters. The van der Waals surface area contributed by atoms with Crippen LogP contribution in [0.4, 0.5) is 4.39 Å². The van der Waals surface area contributed by atoms with E-state index in [1.54, 1.807) is 55.5 Å². The maximum Gasteiger partial charge on any atom is 0.337 e. The van der Waals surface area contributed by atoms with Gasteiger partial charge < -0.3 is 14.4 Å². The molecule has 0 aliphatic carbocycles. The van der Waals surface area contributed by atoms with Crippen LogP contribution in [0.15, 0.2) is 71.8 Å². The summed E-state index contributed by atoms with van der Waals surface area (Å²) in [4.78, 5) is 41.0. The fourth-order valence-electron chi connectivity index (χ4n) is 5.71. The third-order valence-electron chi connectivity index (χ3n) is 8.12. The Labute approximate surface area is 260 Å². The second kappa shape index (κ2) is 12.8. The van der Waals surface area contributed by atoms with Gasteiger partial charge in [0.2, 0.25) is 5.91 Å². The molecule has 2 amide bonds. The fourth-order valence-corrected chi connectivity index (χ4v) is 7.12. The van der Waals surface area contributed by atoms with Crippen molar-refractivity contribution < 1.29 is 42.0 Å². The Morgan fingerprint density at radius 1 is 1.02 bits per heavy atom. The quantitative estimate of drug-likeness (QED) is 0.307. The largest absolute Gasteiger partial charge is 0.496 e. The molecule has 2 heterocycles. The molecule has 1 aliphatic rings. The Hall–Kier alpha value is -4.55. The maximum absolute atomic E-state index is 14.6. The van der Waals surface area contributed by atoms with Gasteiger partial charge in [0.05, 0.1) is 36.7 Å². The average molecular weight is 637 g/mol. The summed E-state index contributed by atoms with van der Waals surface area (Å²) >= 11 is 0. The predicted molar refractivity (Wildman–Crippen MR) is 164 cm³/mol. The van der Waals surface area contributed by atoms with Gasteiger partial charge >= 0.3 is 11.9 Å². The molecular weight excluding hydrogens is 601 g/mol. The van der Waals surface area contributed by atoms with Gasteiger partial charge in [0.25, 0.3) is 10.0 Å². The first-order valence-corrected chi connectivity index (χ1v) is 15.9. The van der Waals surface area contributed by atoms with Gasteiger partial charge in [-0.3, -0.25) is 10.1 Å². The number of carbonyl (C=O) groups is 3. The number of aryl methyl sites for hydroxylation is 2. The minimum atomic E-state index is -3.98. The normalized spacial score (nSPS) is 17.9. The lowest BCUT2D eigenvalue weighted by Crippen LogP contribution is -2.91. The summed E-state index contributed by atoms with van der Waals surface area (Å²) in [5.41, 5.74) is 3.13. The van der Waals surface area contributed by atoms with Crippen LogP contribution in [0.5, 0.6) is 5.75 Å². The smallest absolute Gasteiger partial charge is 0.337 e. The van der Waals surface area contributed by atoms with Crippen LogP contribution in [0.1, 0.15) is 51.5 Å². The minimum Gasteiger partial charge on any atom is -0.496 e. The van der Waals surface area contributed by atoms with Crippen LogP contribution in [-0.4, -0.2) is 62.0 Å². The number of rotatable bonds is 7. The van der Waals surface area contributed by atoms with Crippen molar-refractivity contribution in [1.82, 2.24) is 8.87 Å². The Bertz CT molecular complexity index is 1870. The number of methoxy groups -OCH3 is 2. The van der Waals surface area contributed by atoms with E-state index in [0.29, 0.717) is 33.3 Å². The minimum absolute atomic E-state index is 0.0568. The summed E-state index contributed by atoms with van der Waals surface area (Å²) in [5, 5.41) is 1.79. The summed E-state index contributed by atoms with van der Waals surface area (Å²) < 4.78 is 53.8. The van der Waals surface area contributed by atoms with Gasteiger partial charge in [-0.25, -0.2) is 26.4 Å². The van der Waals surface area contributed by atoms with E-state index in [0.717, 1.165) is 5.56 Å². The van der Waals surface area contributed by atoms with E-state index in [1.807, 2.05) is 6.92 Å². The zero-order chi connectivity index (χ0) is 32.5. The molecule has 1 aromatic heterocycles. The van der Waals surface area contributed by atoms with Crippen LogP contribution in [0.3, 0.4) is 0 Å². The van der Waals surface area contributed by atoms with Crippen molar-refractivity contribution in [2.45, 2.75) is 50.3 Å². The number of nitrogens with zero attached hydrogens (tertiary/aromatic N) is 2. The first kappa shape index (κ1) is 31.9. The van der Waals surface area contributed by atoms with Crippen LogP contribution in [0.25, 0.3) is 10.9 Å². The lowest BCUT2D eigenvalue weighted by Gasteiger charge is -2.30. The van der Waals surface area contributed by atoms with Gasteiger partial charge in [-0.05, 0) is 67.8 Å². The standard InChI is InChI=1S/C33H34FN3O7S/c1-20-5-12-25(13-6-20)45(41,42)37-16-15-26-27(28(43-3)17-21(2)30(26)37)19-36-29(38)14-11-24(34)18-35-32(39)31(36)22-7-9-23(10-8-22)33(40)44-4/h5-10,12-13,15-17,24,31H,11,14,18-19H2,1-4H3,(H,35,39)/p+1/t24-,31?/m0/s1. The van der Waals surface area contributed by atoms with Crippen molar-refractivity contribution in [2.24, 2.45) is 0 Å². The predicted octanol–water partition coefficient (Wildman–Crippen LogP) is 3.58. The Balaban J connectivity index is 1.65. The second-order valence-corrected chi connectivity index (χ2v) is 12.9. The molecule has 0 bridgehead atoms. The molecule has 2 atom stereocenters. The molecule has 10 nitrogen and oxygen atoms in total. The number of esters is 1. The Kier molecular flexibility index (Phi) is 9.08. The molecule has 1 saturated heterocycles. The number of quaternary nitrogens is 1. The number of aromatic nitrogens is 1. The molecule has 0 radical (unpaired) electrons. The molecule has 5 rings (SSSR count). The number of alkyl halides is 1. The van der Waals surface area contributed by atoms with Crippen molar-refractivity contribution in [1.29, 1.82) is 0 Å². The number of halogens is 1. The summed E-state index contributed by atoms with van der Waals surface area (Å²) in [6, 6.07) is 14.9. The van der Waals surface area contributed by atoms with E-state index in [1.165, 1.54) is 46.7 Å². The van der Waals surface area contributed by atoms with Gasteiger partial charge in [0.15, 0.2) is 6.04 Å². The van der Waals surface area contributed by atoms with Crippen LogP contribution >= 0.6 is 0 Å². The Morgan fingerprint density at radius 2 is 1.71 bits per heavy atom. The number of benzene rings is 3. The topological polar surface area (TPSA) is 129 Å². The van der Waals surface area contributed by atoms with E-state index in [9.17, 15) is 27.2 Å². The van der Waals surface area contributed by atoms with Crippen LogP contribution < -0.4 is 10.1 Å². The number of primary amides is 1. The second-order valence-electron chi connectivity index (χ2n) is 11.1. The first-order valence-electron chi connectivity index (χ1n) is 14.4. The lowest BCUT2D eigenvalue weighted by molar-refractivity contribution is -0.576. The summed E-state index contributed by atoms with van der Waals surface area (Å²) in [5.74, 6) is -1.08. The monoisotopic (exact) mass is 636 g/mol. The molecule has 45 heavy (non-hydrogen) atoms. The molecule has 0 saturated carbocycles. The van der Waals surface area contributed by atoms with E-state index >= 15 is 0 Å². The first-order chi connectivity index (χ1) is 21.5. The third kappa shape index (κ3) is 6.20. The number of hydrogen-bond acceptors (Lipinski definition) is 7. The number of hydrogen-bond donors (Lipinski definition) is 1. The van der Waals surface area contributed by atoms with E-state index in [2.05, 4.69) is 0 Å². The molecule has 4 aromatic rings. The molecule has 236 valence electrons. The number of amides is 2. The highest BCUT2D eigenvalue weighted by molar-refractivity contribution is 7.90. The SMILES string of the molecule is COC(=O)c1ccc(C2C(=O)[NH2+]C[C@@H](F)CCC(=O)N2Cc2c(OC)cc(C)c3c2ccn3S(=O)(=O)c2ccc(C)cc2)cc1. The van der Waals surface area contributed by atoms with Gasteiger partial charge in [0.1, 0.15) is 18.5 Å². The number of nitrogens with two attached hydrogens (primary N) is 1.